The van der Waals surface area contributed by atoms with Crippen molar-refractivity contribution in [2.75, 3.05) is 0 Å². The summed E-state index contributed by atoms with van der Waals surface area (Å²) in [4.78, 5) is 55.6. The van der Waals surface area contributed by atoms with Crippen molar-refractivity contribution in [3.8, 4) is 0 Å². The van der Waals surface area contributed by atoms with E-state index in [1.807, 2.05) is 0 Å². The molecule has 34 heavy (non-hydrogen) atoms. The zero-order valence-corrected chi connectivity index (χ0v) is 17.9. The summed E-state index contributed by atoms with van der Waals surface area (Å²) < 4.78 is 0. The zero-order valence-electron chi connectivity index (χ0n) is 17.9. The summed E-state index contributed by atoms with van der Waals surface area (Å²) in [6.07, 6.45) is 2.92. The van der Waals surface area contributed by atoms with Crippen LogP contribution in [0, 0.1) is 0 Å². The highest BCUT2D eigenvalue weighted by Crippen LogP contribution is 2.11. The lowest BCUT2D eigenvalue weighted by atomic mass is 10.0. The molecule has 0 bridgehead atoms. The van der Waals surface area contributed by atoms with Gasteiger partial charge in [-0.1, -0.05) is 36.4 Å². The van der Waals surface area contributed by atoms with Gasteiger partial charge >= 0.3 is 11.9 Å². The predicted molar refractivity (Wildman–Crippen MR) is 120 cm³/mol. The van der Waals surface area contributed by atoms with Gasteiger partial charge in [0.15, 0.2) is 0 Å². The Balaban J connectivity index is 1.63. The average molecular weight is 462 g/mol. The molecule has 0 fully saturated rings. The minimum atomic E-state index is -1.20. The zero-order chi connectivity index (χ0) is 24.5. The van der Waals surface area contributed by atoms with E-state index in [0.29, 0.717) is 11.1 Å². The molecule has 3 rings (SSSR count). The highest BCUT2D eigenvalue weighted by Gasteiger charge is 2.23. The summed E-state index contributed by atoms with van der Waals surface area (Å²) in [6, 6.07) is 13.7. The van der Waals surface area contributed by atoms with Crippen LogP contribution in [0.25, 0.3) is 0 Å². The second kappa shape index (κ2) is 11.3. The number of benzene rings is 1. The highest BCUT2D eigenvalue weighted by atomic mass is 16.4. The molecular weight excluding hydrogens is 440 g/mol. The normalized spacial score (nSPS) is 12.2. The lowest BCUT2D eigenvalue weighted by Crippen LogP contribution is -2.42. The molecule has 4 N–H and O–H groups in total. The fraction of sp³-hybridized carbons (Fsp3) is 0.167. The van der Waals surface area contributed by atoms with E-state index in [9.17, 15) is 29.4 Å². The Morgan fingerprint density at radius 3 is 1.32 bits per heavy atom. The maximum Gasteiger partial charge on any atom is 0.326 e. The Labute approximate surface area is 194 Å². The molecule has 1 aromatic carbocycles. The summed E-state index contributed by atoms with van der Waals surface area (Å²) in [7, 11) is 0. The lowest BCUT2D eigenvalue weighted by molar-refractivity contribution is -0.140. The van der Waals surface area contributed by atoms with Gasteiger partial charge < -0.3 is 20.8 Å². The molecule has 2 heterocycles. The first kappa shape index (κ1) is 24.1. The smallest absolute Gasteiger partial charge is 0.326 e. The molecule has 10 nitrogen and oxygen atoms in total. The lowest BCUT2D eigenvalue weighted by Gasteiger charge is -2.16. The van der Waals surface area contributed by atoms with Crippen molar-refractivity contribution in [2.24, 2.45) is 0 Å². The molecule has 2 unspecified atom stereocenters. The number of pyridine rings is 2. The molecule has 0 aliphatic carbocycles. The number of aliphatic carboxylic acids is 2. The highest BCUT2D eigenvalue weighted by molar-refractivity contribution is 5.95. The van der Waals surface area contributed by atoms with E-state index in [-0.39, 0.29) is 24.2 Å². The van der Waals surface area contributed by atoms with E-state index >= 15 is 0 Å². The predicted octanol–water partition coefficient (Wildman–Crippen LogP) is 1.33. The van der Waals surface area contributed by atoms with E-state index in [2.05, 4.69) is 20.6 Å². The van der Waals surface area contributed by atoms with Crippen molar-refractivity contribution >= 4 is 23.8 Å². The number of carbonyl (C=O) groups is 4. The standard InChI is InChI=1S/C24H22N4O6/c29-21(17-5-1-3-11-25-17)27-19(23(31)32)13-15-7-9-16(10-8-15)14-20(24(33)34)28-22(30)18-6-2-4-12-26-18/h1-12,19-20H,13-14H2,(H,27,29)(H,28,30)(H,31,32)(H,33,34). The first-order valence-electron chi connectivity index (χ1n) is 10.3. The molecule has 0 saturated carbocycles. The molecule has 0 spiro atoms. The second-order valence-electron chi connectivity index (χ2n) is 7.38. The monoisotopic (exact) mass is 462 g/mol. The van der Waals surface area contributed by atoms with Gasteiger partial charge in [0, 0.05) is 25.2 Å². The number of carbonyl (C=O) groups excluding carboxylic acids is 2. The Bertz CT molecular complexity index is 1060. The van der Waals surface area contributed by atoms with Crippen molar-refractivity contribution in [3.63, 3.8) is 0 Å². The first-order valence-corrected chi connectivity index (χ1v) is 10.3. The number of carboxylic acids is 2. The third-order valence-electron chi connectivity index (χ3n) is 4.90. The van der Waals surface area contributed by atoms with Gasteiger partial charge in [-0.25, -0.2) is 9.59 Å². The Morgan fingerprint density at radius 2 is 1.03 bits per heavy atom. The van der Waals surface area contributed by atoms with Crippen LogP contribution in [0.4, 0.5) is 0 Å². The van der Waals surface area contributed by atoms with Crippen molar-refractivity contribution in [2.45, 2.75) is 24.9 Å². The van der Waals surface area contributed by atoms with E-state index in [4.69, 9.17) is 0 Å². The van der Waals surface area contributed by atoms with Gasteiger partial charge in [-0.05, 0) is 35.4 Å². The quantitative estimate of drug-likeness (QED) is 0.351. The van der Waals surface area contributed by atoms with Crippen LogP contribution in [-0.4, -0.2) is 56.0 Å². The molecule has 2 amide bonds. The van der Waals surface area contributed by atoms with Gasteiger partial charge in [0.2, 0.25) is 0 Å². The van der Waals surface area contributed by atoms with Crippen LogP contribution >= 0.6 is 0 Å². The van der Waals surface area contributed by atoms with E-state index < -0.39 is 35.8 Å². The van der Waals surface area contributed by atoms with Crippen LogP contribution in [0.2, 0.25) is 0 Å². The van der Waals surface area contributed by atoms with Crippen molar-refractivity contribution in [1.82, 2.24) is 20.6 Å². The van der Waals surface area contributed by atoms with Crippen LogP contribution in [0.15, 0.2) is 73.1 Å². The summed E-state index contributed by atoms with van der Waals surface area (Å²) in [6.45, 7) is 0. The molecule has 3 aromatic rings. The van der Waals surface area contributed by atoms with Crippen LogP contribution in [0.1, 0.15) is 32.1 Å². The molecule has 2 atom stereocenters. The molecule has 10 heteroatoms. The van der Waals surface area contributed by atoms with Gasteiger partial charge in [-0.2, -0.15) is 0 Å². The molecule has 0 aliphatic heterocycles. The number of hydrogen-bond donors (Lipinski definition) is 4. The van der Waals surface area contributed by atoms with Crippen LogP contribution < -0.4 is 10.6 Å². The molecule has 0 radical (unpaired) electrons. The summed E-state index contributed by atoms with van der Waals surface area (Å²) >= 11 is 0. The SMILES string of the molecule is O=C(NC(Cc1ccc(CC(NC(=O)c2ccccn2)C(=O)O)cc1)C(=O)O)c1ccccn1. The van der Waals surface area contributed by atoms with Crippen LogP contribution in [0.3, 0.4) is 0 Å². The largest absolute Gasteiger partial charge is 0.480 e. The maximum absolute atomic E-state index is 12.2. The summed E-state index contributed by atoms with van der Waals surface area (Å²) in [5, 5.41) is 23.9. The average Bonchev–Trinajstić information content (AvgIpc) is 2.85. The minimum Gasteiger partial charge on any atom is -0.480 e. The van der Waals surface area contributed by atoms with E-state index in [1.54, 1.807) is 48.5 Å². The van der Waals surface area contributed by atoms with Crippen molar-refractivity contribution in [3.05, 3.63) is 95.6 Å². The third kappa shape index (κ3) is 6.70. The Kier molecular flexibility index (Phi) is 8.01. The van der Waals surface area contributed by atoms with Gasteiger partial charge in [0.25, 0.3) is 11.8 Å². The fourth-order valence-electron chi connectivity index (χ4n) is 3.14. The molecule has 0 aliphatic rings. The number of nitrogens with zero attached hydrogens (tertiary/aromatic N) is 2. The van der Waals surface area contributed by atoms with E-state index in [0.717, 1.165) is 0 Å². The van der Waals surface area contributed by atoms with Gasteiger partial charge in [-0.3, -0.25) is 19.6 Å². The van der Waals surface area contributed by atoms with Crippen molar-refractivity contribution in [1.29, 1.82) is 0 Å². The van der Waals surface area contributed by atoms with E-state index in [1.165, 1.54) is 24.5 Å². The van der Waals surface area contributed by atoms with Crippen LogP contribution in [0.5, 0.6) is 0 Å². The molecule has 174 valence electrons. The van der Waals surface area contributed by atoms with Crippen molar-refractivity contribution < 1.29 is 29.4 Å². The fourth-order valence-corrected chi connectivity index (χ4v) is 3.14. The van der Waals surface area contributed by atoms with Gasteiger partial charge in [0.05, 0.1) is 0 Å². The first-order chi connectivity index (χ1) is 16.3. The minimum absolute atomic E-state index is 0.0208. The molecule has 2 aromatic heterocycles. The second-order valence-corrected chi connectivity index (χ2v) is 7.38. The molecular formula is C24H22N4O6. The molecule has 0 saturated heterocycles. The topological polar surface area (TPSA) is 159 Å². The van der Waals surface area contributed by atoms with Crippen LogP contribution in [-0.2, 0) is 22.4 Å². The van der Waals surface area contributed by atoms with Gasteiger partial charge in [0.1, 0.15) is 23.5 Å². The number of carboxylic acid groups (broad SMARTS) is 2. The Hall–Kier alpha value is -4.60. The number of amides is 2. The summed E-state index contributed by atoms with van der Waals surface area (Å²) in [5.41, 5.74) is 1.47. The number of rotatable bonds is 10. The number of nitrogens with one attached hydrogen (secondary N) is 2. The number of aromatic nitrogens is 2. The Morgan fingerprint density at radius 1 is 0.647 bits per heavy atom. The van der Waals surface area contributed by atoms with Gasteiger partial charge in [-0.15, -0.1) is 0 Å². The third-order valence-corrected chi connectivity index (χ3v) is 4.90. The number of hydrogen-bond acceptors (Lipinski definition) is 6. The summed E-state index contributed by atoms with van der Waals surface area (Å²) in [5.74, 6) is -3.59. The maximum atomic E-state index is 12.2.